The Kier molecular flexibility index (Phi) is 50.9. The lowest BCUT2D eigenvalue weighted by atomic mass is 10.1. The van der Waals surface area contributed by atoms with Crippen molar-refractivity contribution in [1.29, 1.82) is 0 Å². The molecule has 0 amide bonds. The zero-order chi connectivity index (χ0) is 47.9. The van der Waals surface area contributed by atoms with Crippen molar-refractivity contribution in [2.75, 3.05) is 13.2 Å². The Morgan fingerprint density at radius 2 is 0.591 bits per heavy atom. The number of hydrogen-bond donors (Lipinski definition) is 0. The van der Waals surface area contributed by atoms with Crippen LogP contribution < -0.4 is 0 Å². The van der Waals surface area contributed by atoms with Crippen LogP contribution in [0.1, 0.15) is 245 Å². The molecule has 0 saturated carbocycles. The van der Waals surface area contributed by atoms with Gasteiger partial charge in [0.05, 0.1) is 0 Å². The maximum Gasteiger partial charge on any atom is 0.306 e. The average molecular weight is 917 g/mol. The summed E-state index contributed by atoms with van der Waals surface area (Å²) in [6.45, 7) is 6.44. The minimum absolute atomic E-state index is 0.0805. The van der Waals surface area contributed by atoms with Crippen LogP contribution in [0.15, 0.2) is 97.2 Å². The molecule has 376 valence electrons. The molecule has 0 heterocycles. The lowest BCUT2D eigenvalue weighted by molar-refractivity contribution is -0.167. The van der Waals surface area contributed by atoms with Gasteiger partial charge in [-0.2, -0.15) is 0 Å². The molecule has 0 aromatic heterocycles. The van der Waals surface area contributed by atoms with E-state index in [1.54, 1.807) is 0 Å². The quantitative estimate of drug-likeness (QED) is 0.0262. The van der Waals surface area contributed by atoms with Gasteiger partial charge in [-0.1, -0.05) is 240 Å². The number of carbonyl (C=O) groups is 3. The van der Waals surface area contributed by atoms with Crippen molar-refractivity contribution in [2.45, 2.75) is 252 Å². The van der Waals surface area contributed by atoms with E-state index in [4.69, 9.17) is 14.2 Å². The molecule has 0 aromatic carbocycles. The Hall–Kier alpha value is -3.67. The summed E-state index contributed by atoms with van der Waals surface area (Å²) in [5.41, 5.74) is 0. The number of allylic oxidation sites excluding steroid dienone is 16. The van der Waals surface area contributed by atoms with Gasteiger partial charge in [-0.3, -0.25) is 14.4 Å². The van der Waals surface area contributed by atoms with E-state index in [0.29, 0.717) is 19.3 Å². The molecule has 0 aromatic rings. The highest BCUT2D eigenvalue weighted by Crippen LogP contribution is 2.14. The standard InChI is InChI=1S/C60H100O6/c1-4-7-10-13-16-18-20-21-22-23-24-25-26-27-28-29-30-31-32-33-34-35-36-37-38-39-41-42-44-47-50-53-59(62)65-56-57(55-64-58(61)52-49-46-15-12-9-6-3)66-60(63)54-51-48-45-43-40-19-17-14-11-8-5-2/h7,10,16,18,21-22,24-25,27-28,30-31,33-34,36-37,57H,4-6,8-9,11-15,17,19-20,23,26,29,32,35,38-56H2,1-3H3/b10-7-,18-16-,22-21-,25-24-,28-27-,31-30-,34-33-,37-36-. The van der Waals surface area contributed by atoms with Crippen LogP contribution in [0.5, 0.6) is 0 Å². The van der Waals surface area contributed by atoms with E-state index in [1.165, 1.54) is 83.5 Å². The summed E-state index contributed by atoms with van der Waals surface area (Å²) in [7, 11) is 0. The summed E-state index contributed by atoms with van der Waals surface area (Å²) in [4.78, 5) is 37.7. The SMILES string of the molecule is CC/C=C\C/C=C\C/C=C\C/C=C\C/C=C\C/C=C\C/C=C\C/C=C\CCCCCCCCC(=O)OCC(COC(=O)CCCCCCCC)OC(=O)CCCCCCCCCCCCC. The maximum absolute atomic E-state index is 12.7. The Balaban J connectivity index is 4.12. The summed E-state index contributed by atoms with van der Waals surface area (Å²) < 4.78 is 16.7. The normalized spacial score (nSPS) is 12.8. The van der Waals surface area contributed by atoms with E-state index >= 15 is 0 Å². The van der Waals surface area contributed by atoms with Crippen molar-refractivity contribution in [3.05, 3.63) is 97.2 Å². The van der Waals surface area contributed by atoms with Gasteiger partial charge in [-0.15, -0.1) is 0 Å². The second-order valence-electron chi connectivity index (χ2n) is 17.8. The zero-order valence-corrected chi connectivity index (χ0v) is 42.9. The molecule has 0 N–H and O–H groups in total. The third-order valence-corrected chi connectivity index (χ3v) is 11.4. The second kappa shape index (κ2) is 53.9. The third-order valence-electron chi connectivity index (χ3n) is 11.4. The monoisotopic (exact) mass is 917 g/mol. The molecular formula is C60H100O6. The molecule has 6 nitrogen and oxygen atoms in total. The molecule has 0 fully saturated rings. The molecule has 0 spiro atoms. The molecule has 1 unspecified atom stereocenters. The van der Waals surface area contributed by atoms with Gasteiger partial charge in [0.25, 0.3) is 0 Å². The molecule has 0 radical (unpaired) electrons. The fourth-order valence-corrected chi connectivity index (χ4v) is 7.28. The van der Waals surface area contributed by atoms with Crippen LogP contribution in [0.3, 0.4) is 0 Å². The van der Waals surface area contributed by atoms with E-state index in [2.05, 4.69) is 118 Å². The molecule has 6 heteroatoms. The van der Waals surface area contributed by atoms with Crippen LogP contribution in [-0.4, -0.2) is 37.2 Å². The first-order valence-electron chi connectivity index (χ1n) is 27.2. The number of esters is 3. The van der Waals surface area contributed by atoms with E-state index < -0.39 is 6.10 Å². The molecular weight excluding hydrogens is 817 g/mol. The topological polar surface area (TPSA) is 78.9 Å². The minimum atomic E-state index is -0.777. The Morgan fingerprint density at radius 3 is 0.924 bits per heavy atom. The van der Waals surface area contributed by atoms with Crippen LogP contribution in [0.2, 0.25) is 0 Å². The molecule has 0 rings (SSSR count). The first-order valence-corrected chi connectivity index (χ1v) is 27.2. The van der Waals surface area contributed by atoms with Crippen LogP contribution in [-0.2, 0) is 28.6 Å². The zero-order valence-electron chi connectivity index (χ0n) is 42.9. The van der Waals surface area contributed by atoms with Gasteiger partial charge >= 0.3 is 17.9 Å². The Morgan fingerprint density at radius 1 is 0.318 bits per heavy atom. The van der Waals surface area contributed by atoms with Gasteiger partial charge in [0.1, 0.15) is 13.2 Å². The predicted octanol–water partition coefficient (Wildman–Crippen LogP) is 18.1. The van der Waals surface area contributed by atoms with Crippen molar-refractivity contribution in [3.8, 4) is 0 Å². The smallest absolute Gasteiger partial charge is 0.306 e. The number of unbranched alkanes of at least 4 members (excludes halogenated alkanes) is 21. The van der Waals surface area contributed by atoms with Crippen molar-refractivity contribution in [3.63, 3.8) is 0 Å². The van der Waals surface area contributed by atoms with Crippen molar-refractivity contribution in [2.24, 2.45) is 0 Å². The largest absolute Gasteiger partial charge is 0.462 e. The van der Waals surface area contributed by atoms with Gasteiger partial charge in [-0.25, -0.2) is 0 Å². The van der Waals surface area contributed by atoms with Crippen molar-refractivity contribution in [1.82, 2.24) is 0 Å². The van der Waals surface area contributed by atoms with Gasteiger partial charge in [-0.05, 0) is 83.5 Å². The molecule has 1 atom stereocenters. The summed E-state index contributed by atoms with van der Waals surface area (Å²) in [5, 5.41) is 0. The Bertz CT molecular complexity index is 1330. The van der Waals surface area contributed by atoms with Crippen LogP contribution in [0, 0.1) is 0 Å². The molecule has 0 saturated heterocycles. The molecule has 0 aliphatic carbocycles. The highest BCUT2D eigenvalue weighted by molar-refractivity contribution is 5.71. The second-order valence-corrected chi connectivity index (χ2v) is 17.8. The van der Waals surface area contributed by atoms with E-state index in [1.807, 2.05) is 0 Å². The average Bonchev–Trinajstić information content (AvgIpc) is 3.31. The highest BCUT2D eigenvalue weighted by Gasteiger charge is 2.19. The summed E-state index contributed by atoms with van der Waals surface area (Å²) >= 11 is 0. The minimum Gasteiger partial charge on any atom is -0.462 e. The number of ether oxygens (including phenoxy) is 3. The fraction of sp³-hybridized carbons (Fsp3) is 0.683. The highest BCUT2D eigenvalue weighted by atomic mass is 16.6. The van der Waals surface area contributed by atoms with Crippen LogP contribution in [0.4, 0.5) is 0 Å². The van der Waals surface area contributed by atoms with Gasteiger partial charge in [0, 0.05) is 19.3 Å². The summed E-state index contributed by atoms with van der Waals surface area (Å²) in [6, 6.07) is 0. The van der Waals surface area contributed by atoms with E-state index in [-0.39, 0.29) is 31.1 Å². The predicted molar refractivity (Wildman–Crippen MR) is 284 cm³/mol. The third kappa shape index (κ3) is 51.3. The summed E-state index contributed by atoms with van der Waals surface area (Å²) in [5.74, 6) is -0.907. The number of hydrogen-bond acceptors (Lipinski definition) is 6. The van der Waals surface area contributed by atoms with Crippen molar-refractivity contribution < 1.29 is 28.6 Å². The number of carbonyl (C=O) groups excluding carboxylic acids is 3. The molecule has 0 aliphatic heterocycles. The van der Waals surface area contributed by atoms with Gasteiger partial charge < -0.3 is 14.2 Å². The van der Waals surface area contributed by atoms with E-state index in [9.17, 15) is 14.4 Å². The lowest BCUT2D eigenvalue weighted by Crippen LogP contribution is -2.30. The lowest BCUT2D eigenvalue weighted by Gasteiger charge is -2.18. The summed E-state index contributed by atoms with van der Waals surface area (Å²) in [6.07, 6.45) is 71.4. The number of rotatable bonds is 48. The molecule has 66 heavy (non-hydrogen) atoms. The fourth-order valence-electron chi connectivity index (χ4n) is 7.28. The van der Waals surface area contributed by atoms with Crippen LogP contribution >= 0.6 is 0 Å². The maximum atomic E-state index is 12.7. The van der Waals surface area contributed by atoms with Crippen molar-refractivity contribution >= 4 is 17.9 Å². The molecule has 0 aliphatic rings. The van der Waals surface area contributed by atoms with Gasteiger partial charge in [0.15, 0.2) is 6.10 Å². The van der Waals surface area contributed by atoms with Crippen LogP contribution in [0.25, 0.3) is 0 Å². The first kappa shape index (κ1) is 62.3. The Labute approximate surface area is 407 Å². The van der Waals surface area contributed by atoms with Gasteiger partial charge in [0.2, 0.25) is 0 Å². The first-order chi connectivity index (χ1) is 32.5. The van der Waals surface area contributed by atoms with E-state index in [0.717, 1.165) is 122 Å². The molecule has 0 bridgehead atoms.